The number of nitrogen functional groups attached to an aromatic ring is 1. The fraction of sp³-hybridized carbons (Fsp3) is 0.154. The molecule has 4 heteroatoms. The molecule has 0 unspecified atom stereocenters. The Balaban J connectivity index is 2.05. The summed E-state index contributed by atoms with van der Waals surface area (Å²) in [5.74, 6) is 6.95. The van der Waals surface area contributed by atoms with E-state index >= 15 is 0 Å². The molecular formula is C13H15N3S. The van der Waals surface area contributed by atoms with Crippen molar-refractivity contribution in [2.75, 3.05) is 5.43 Å². The number of rotatable bonds is 4. The number of pyridine rings is 1. The van der Waals surface area contributed by atoms with Crippen LogP contribution in [0.2, 0.25) is 0 Å². The minimum absolute atomic E-state index is 0.702. The van der Waals surface area contributed by atoms with Crippen LogP contribution in [0.15, 0.2) is 47.5 Å². The van der Waals surface area contributed by atoms with Crippen LogP contribution in [0.3, 0.4) is 0 Å². The maximum absolute atomic E-state index is 5.33. The van der Waals surface area contributed by atoms with E-state index in [2.05, 4.69) is 41.6 Å². The van der Waals surface area contributed by atoms with Gasteiger partial charge in [-0.2, -0.15) is 0 Å². The number of benzene rings is 1. The first-order valence-electron chi connectivity index (χ1n) is 5.39. The molecule has 2 aromatic rings. The van der Waals surface area contributed by atoms with Crippen LogP contribution in [0, 0.1) is 6.92 Å². The van der Waals surface area contributed by atoms with E-state index in [1.807, 2.05) is 23.9 Å². The van der Waals surface area contributed by atoms with E-state index in [1.165, 1.54) is 16.0 Å². The van der Waals surface area contributed by atoms with Crippen LogP contribution in [0.25, 0.3) is 0 Å². The van der Waals surface area contributed by atoms with Crippen LogP contribution in [-0.2, 0) is 5.75 Å². The van der Waals surface area contributed by atoms with E-state index in [1.54, 1.807) is 6.20 Å². The van der Waals surface area contributed by atoms with Gasteiger partial charge in [-0.25, -0.2) is 10.8 Å². The number of hydrogen-bond acceptors (Lipinski definition) is 4. The molecule has 0 amide bonds. The highest BCUT2D eigenvalue weighted by Crippen LogP contribution is 2.25. The average molecular weight is 245 g/mol. The molecule has 17 heavy (non-hydrogen) atoms. The number of aryl methyl sites for hydroxylation is 1. The van der Waals surface area contributed by atoms with Crippen molar-refractivity contribution in [3.05, 3.63) is 53.7 Å². The first kappa shape index (κ1) is 12.0. The van der Waals surface area contributed by atoms with Gasteiger partial charge in [-0.3, -0.25) is 0 Å². The lowest BCUT2D eigenvalue weighted by Crippen LogP contribution is -2.08. The first-order chi connectivity index (χ1) is 8.29. The summed E-state index contributed by atoms with van der Waals surface area (Å²) in [6.45, 7) is 2.13. The number of thioether (sulfide) groups is 1. The van der Waals surface area contributed by atoms with E-state index in [9.17, 15) is 0 Å². The third kappa shape index (κ3) is 3.22. The third-order valence-electron chi connectivity index (χ3n) is 2.46. The van der Waals surface area contributed by atoms with Crippen molar-refractivity contribution in [1.82, 2.24) is 4.98 Å². The molecule has 1 aromatic heterocycles. The Morgan fingerprint density at radius 1 is 1.29 bits per heavy atom. The van der Waals surface area contributed by atoms with Gasteiger partial charge in [0.2, 0.25) is 0 Å². The Hall–Kier alpha value is -1.52. The number of nitrogens with two attached hydrogens (primary N) is 1. The number of hydrazine groups is 1. The van der Waals surface area contributed by atoms with Gasteiger partial charge in [-0.05, 0) is 36.2 Å². The van der Waals surface area contributed by atoms with E-state index in [-0.39, 0.29) is 0 Å². The van der Waals surface area contributed by atoms with Gasteiger partial charge in [-0.15, -0.1) is 11.8 Å². The lowest BCUT2D eigenvalue weighted by atomic mass is 10.2. The highest BCUT2D eigenvalue weighted by atomic mass is 32.2. The Morgan fingerprint density at radius 2 is 2.12 bits per heavy atom. The predicted molar refractivity (Wildman–Crippen MR) is 72.8 cm³/mol. The molecule has 3 nitrogen and oxygen atoms in total. The topological polar surface area (TPSA) is 50.9 Å². The summed E-state index contributed by atoms with van der Waals surface area (Å²) in [4.78, 5) is 5.40. The predicted octanol–water partition coefficient (Wildman–Crippen LogP) is 2.97. The van der Waals surface area contributed by atoms with Crippen molar-refractivity contribution in [1.29, 1.82) is 0 Å². The zero-order valence-electron chi connectivity index (χ0n) is 9.68. The Morgan fingerprint density at radius 3 is 2.88 bits per heavy atom. The maximum Gasteiger partial charge on any atom is 0.140 e. The molecule has 1 aromatic carbocycles. The van der Waals surface area contributed by atoms with Crippen molar-refractivity contribution in [3.8, 4) is 0 Å². The normalized spacial score (nSPS) is 10.2. The van der Waals surface area contributed by atoms with Crippen molar-refractivity contribution in [2.45, 2.75) is 17.6 Å². The number of anilines is 1. The first-order valence-corrected chi connectivity index (χ1v) is 6.38. The largest absolute Gasteiger partial charge is 0.308 e. The molecule has 0 radical (unpaired) electrons. The summed E-state index contributed by atoms with van der Waals surface area (Å²) in [5, 5.41) is 0. The molecule has 0 aliphatic rings. The standard InChI is InChI=1S/C13H15N3S/c1-10-4-2-3-5-12(10)17-9-11-6-7-15-13(8-11)16-14/h2-8H,9,14H2,1H3,(H,15,16). The minimum atomic E-state index is 0.702. The number of hydrogen-bond donors (Lipinski definition) is 2. The lowest BCUT2D eigenvalue weighted by molar-refractivity contribution is 1.20. The second-order valence-corrected chi connectivity index (χ2v) is 4.77. The van der Waals surface area contributed by atoms with Gasteiger partial charge < -0.3 is 5.43 Å². The van der Waals surface area contributed by atoms with E-state index in [4.69, 9.17) is 5.84 Å². The van der Waals surface area contributed by atoms with Gasteiger partial charge >= 0.3 is 0 Å². The summed E-state index contributed by atoms with van der Waals surface area (Å²) >= 11 is 1.82. The Bertz CT molecular complexity index is 500. The Kier molecular flexibility index (Phi) is 4.01. The smallest absolute Gasteiger partial charge is 0.140 e. The van der Waals surface area contributed by atoms with E-state index in [0.717, 1.165) is 5.75 Å². The molecule has 3 N–H and O–H groups in total. The average Bonchev–Trinajstić information content (AvgIpc) is 2.38. The number of aromatic nitrogens is 1. The fourth-order valence-corrected chi connectivity index (χ4v) is 2.49. The maximum atomic E-state index is 5.33. The molecule has 0 spiro atoms. The van der Waals surface area contributed by atoms with Crippen molar-refractivity contribution in [2.24, 2.45) is 5.84 Å². The molecule has 0 saturated carbocycles. The Labute approximate surface area is 105 Å². The van der Waals surface area contributed by atoms with Gasteiger partial charge in [0.05, 0.1) is 0 Å². The number of nitrogens with zero attached hydrogens (tertiary/aromatic N) is 1. The van der Waals surface area contributed by atoms with Crippen LogP contribution in [-0.4, -0.2) is 4.98 Å². The molecule has 0 aliphatic heterocycles. The second kappa shape index (κ2) is 5.70. The van der Waals surface area contributed by atoms with Gasteiger partial charge in [0, 0.05) is 16.8 Å². The van der Waals surface area contributed by atoms with Gasteiger partial charge in [0.15, 0.2) is 0 Å². The van der Waals surface area contributed by atoms with Crippen LogP contribution >= 0.6 is 11.8 Å². The summed E-state index contributed by atoms with van der Waals surface area (Å²) < 4.78 is 0. The van der Waals surface area contributed by atoms with Gasteiger partial charge in [0.1, 0.15) is 5.82 Å². The molecule has 88 valence electrons. The highest BCUT2D eigenvalue weighted by Gasteiger charge is 2.00. The zero-order chi connectivity index (χ0) is 12.1. The molecular weight excluding hydrogens is 230 g/mol. The minimum Gasteiger partial charge on any atom is -0.308 e. The second-order valence-electron chi connectivity index (χ2n) is 3.75. The van der Waals surface area contributed by atoms with Crippen molar-refractivity contribution < 1.29 is 0 Å². The van der Waals surface area contributed by atoms with Crippen LogP contribution in [0.4, 0.5) is 5.82 Å². The molecule has 0 saturated heterocycles. The summed E-state index contributed by atoms with van der Waals surface area (Å²) in [6, 6.07) is 12.4. The van der Waals surface area contributed by atoms with Crippen molar-refractivity contribution >= 4 is 17.6 Å². The van der Waals surface area contributed by atoms with E-state index in [0.29, 0.717) is 5.82 Å². The van der Waals surface area contributed by atoms with Crippen molar-refractivity contribution in [3.63, 3.8) is 0 Å². The third-order valence-corrected chi connectivity index (χ3v) is 3.71. The summed E-state index contributed by atoms with van der Waals surface area (Å²) in [7, 11) is 0. The van der Waals surface area contributed by atoms with Crippen LogP contribution in [0.1, 0.15) is 11.1 Å². The van der Waals surface area contributed by atoms with Gasteiger partial charge in [-0.1, -0.05) is 18.2 Å². The highest BCUT2D eigenvalue weighted by molar-refractivity contribution is 7.98. The lowest BCUT2D eigenvalue weighted by Gasteiger charge is -2.06. The number of nitrogens with one attached hydrogen (secondary N) is 1. The molecule has 2 rings (SSSR count). The fourth-order valence-electron chi connectivity index (χ4n) is 1.52. The molecule has 1 heterocycles. The summed E-state index contributed by atoms with van der Waals surface area (Å²) in [5.41, 5.74) is 5.07. The molecule has 0 bridgehead atoms. The monoisotopic (exact) mass is 245 g/mol. The molecule has 0 fully saturated rings. The van der Waals surface area contributed by atoms with Crippen LogP contribution < -0.4 is 11.3 Å². The van der Waals surface area contributed by atoms with E-state index < -0.39 is 0 Å². The zero-order valence-corrected chi connectivity index (χ0v) is 10.5. The molecule has 0 atom stereocenters. The molecule has 0 aliphatic carbocycles. The van der Waals surface area contributed by atoms with Crippen LogP contribution in [0.5, 0.6) is 0 Å². The SMILES string of the molecule is Cc1ccccc1SCc1ccnc(NN)c1. The summed E-state index contributed by atoms with van der Waals surface area (Å²) in [6.07, 6.45) is 1.77. The van der Waals surface area contributed by atoms with Gasteiger partial charge in [0.25, 0.3) is 0 Å². The quantitative estimate of drug-likeness (QED) is 0.494.